The standard InChI is InChI=1S/C21H25ClN2O3/c1-14-6-5-7-18(15(14)2)23-8-10-24(11-9-23)21(25)16-12-17(22)20(27-4)19(13-16)26-3/h5-7,12-13H,8-11H2,1-4H3. The number of ether oxygens (including phenoxy) is 2. The highest BCUT2D eigenvalue weighted by molar-refractivity contribution is 6.32. The molecule has 1 aliphatic heterocycles. The molecule has 1 amide bonds. The van der Waals surface area contributed by atoms with Gasteiger partial charge in [-0.25, -0.2) is 0 Å². The third-order valence-electron chi connectivity index (χ3n) is 5.16. The van der Waals surface area contributed by atoms with Crippen LogP contribution in [-0.2, 0) is 0 Å². The number of carbonyl (C=O) groups excluding carboxylic acids is 1. The molecule has 5 nitrogen and oxygen atoms in total. The number of aryl methyl sites for hydroxylation is 1. The Bertz CT molecular complexity index is 846. The molecule has 0 saturated carbocycles. The molecular weight excluding hydrogens is 364 g/mol. The fourth-order valence-corrected chi connectivity index (χ4v) is 3.74. The molecule has 144 valence electrons. The third-order valence-corrected chi connectivity index (χ3v) is 5.44. The van der Waals surface area contributed by atoms with E-state index in [1.165, 1.54) is 31.0 Å². The van der Waals surface area contributed by atoms with Crippen LogP contribution in [-0.4, -0.2) is 51.2 Å². The summed E-state index contributed by atoms with van der Waals surface area (Å²) in [4.78, 5) is 17.1. The van der Waals surface area contributed by atoms with Crippen LogP contribution < -0.4 is 14.4 Å². The van der Waals surface area contributed by atoms with Gasteiger partial charge in [-0.2, -0.15) is 0 Å². The van der Waals surface area contributed by atoms with Gasteiger partial charge in [0.25, 0.3) is 5.91 Å². The van der Waals surface area contributed by atoms with Crippen LogP contribution >= 0.6 is 11.6 Å². The van der Waals surface area contributed by atoms with Gasteiger partial charge >= 0.3 is 0 Å². The Kier molecular flexibility index (Phi) is 5.80. The fraction of sp³-hybridized carbons (Fsp3) is 0.381. The molecule has 0 atom stereocenters. The van der Waals surface area contributed by atoms with Crippen molar-refractivity contribution in [1.29, 1.82) is 0 Å². The number of hydrogen-bond donors (Lipinski definition) is 0. The third kappa shape index (κ3) is 3.83. The van der Waals surface area contributed by atoms with Crippen molar-refractivity contribution in [1.82, 2.24) is 4.90 Å². The van der Waals surface area contributed by atoms with Gasteiger partial charge in [-0.3, -0.25) is 4.79 Å². The maximum atomic E-state index is 12.9. The van der Waals surface area contributed by atoms with Gasteiger partial charge < -0.3 is 19.3 Å². The molecule has 0 radical (unpaired) electrons. The number of halogens is 1. The number of nitrogens with zero attached hydrogens (tertiary/aromatic N) is 2. The Morgan fingerprint density at radius 1 is 1.04 bits per heavy atom. The predicted octanol–water partition coefficient (Wildman–Crippen LogP) is 3.94. The number of carbonyl (C=O) groups is 1. The molecule has 0 bridgehead atoms. The van der Waals surface area contributed by atoms with Gasteiger partial charge in [0.05, 0.1) is 19.2 Å². The fourth-order valence-electron chi connectivity index (χ4n) is 3.45. The van der Waals surface area contributed by atoms with Gasteiger partial charge in [-0.15, -0.1) is 0 Å². The van der Waals surface area contributed by atoms with Crippen LogP contribution in [0.3, 0.4) is 0 Å². The van der Waals surface area contributed by atoms with E-state index in [4.69, 9.17) is 21.1 Å². The lowest BCUT2D eigenvalue weighted by Gasteiger charge is -2.37. The average molecular weight is 389 g/mol. The molecule has 0 spiro atoms. The van der Waals surface area contributed by atoms with Crippen LogP contribution in [0.25, 0.3) is 0 Å². The van der Waals surface area contributed by atoms with Crippen LogP contribution in [0, 0.1) is 13.8 Å². The zero-order valence-corrected chi connectivity index (χ0v) is 17.0. The highest BCUT2D eigenvalue weighted by atomic mass is 35.5. The van der Waals surface area contributed by atoms with E-state index in [0.29, 0.717) is 35.2 Å². The summed E-state index contributed by atoms with van der Waals surface area (Å²) in [5.74, 6) is 0.858. The summed E-state index contributed by atoms with van der Waals surface area (Å²) in [6.45, 7) is 7.21. The molecule has 1 aliphatic rings. The van der Waals surface area contributed by atoms with Crippen LogP contribution in [0.1, 0.15) is 21.5 Å². The molecule has 0 aromatic heterocycles. The highest BCUT2D eigenvalue weighted by Gasteiger charge is 2.25. The van der Waals surface area contributed by atoms with Crippen molar-refractivity contribution in [2.24, 2.45) is 0 Å². The first-order valence-electron chi connectivity index (χ1n) is 8.98. The second kappa shape index (κ2) is 8.09. The quantitative estimate of drug-likeness (QED) is 0.795. The number of amides is 1. The minimum Gasteiger partial charge on any atom is -0.493 e. The second-order valence-corrected chi connectivity index (χ2v) is 7.10. The van der Waals surface area contributed by atoms with Crippen molar-refractivity contribution in [3.63, 3.8) is 0 Å². The van der Waals surface area contributed by atoms with E-state index in [9.17, 15) is 4.79 Å². The lowest BCUT2D eigenvalue weighted by Crippen LogP contribution is -2.49. The summed E-state index contributed by atoms with van der Waals surface area (Å²) < 4.78 is 10.5. The maximum Gasteiger partial charge on any atom is 0.254 e. The van der Waals surface area contributed by atoms with Crippen LogP contribution in [0.5, 0.6) is 11.5 Å². The maximum absolute atomic E-state index is 12.9. The second-order valence-electron chi connectivity index (χ2n) is 6.69. The smallest absolute Gasteiger partial charge is 0.254 e. The van der Waals surface area contributed by atoms with E-state index in [0.717, 1.165) is 13.1 Å². The van der Waals surface area contributed by atoms with E-state index >= 15 is 0 Å². The first kappa shape index (κ1) is 19.4. The number of methoxy groups -OCH3 is 2. The minimum absolute atomic E-state index is 0.0431. The Balaban J connectivity index is 1.74. The predicted molar refractivity (Wildman–Crippen MR) is 109 cm³/mol. The monoisotopic (exact) mass is 388 g/mol. The zero-order chi connectivity index (χ0) is 19.6. The minimum atomic E-state index is -0.0431. The average Bonchev–Trinajstić information content (AvgIpc) is 2.69. The van der Waals surface area contributed by atoms with Gasteiger partial charge in [-0.05, 0) is 43.2 Å². The first-order chi connectivity index (χ1) is 13.0. The number of piperazine rings is 1. The van der Waals surface area contributed by atoms with Gasteiger partial charge in [0.2, 0.25) is 0 Å². The van der Waals surface area contributed by atoms with Gasteiger partial charge in [0, 0.05) is 37.4 Å². The molecule has 6 heteroatoms. The molecule has 1 fully saturated rings. The van der Waals surface area contributed by atoms with E-state index in [-0.39, 0.29) is 5.91 Å². The molecule has 27 heavy (non-hydrogen) atoms. The molecule has 2 aromatic carbocycles. The van der Waals surface area contributed by atoms with Crippen molar-refractivity contribution >= 4 is 23.2 Å². The largest absolute Gasteiger partial charge is 0.493 e. The van der Waals surface area contributed by atoms with Crippen molar-refractivity contribution in [2.75, 3.05) is 45.3 Å². The van der Waals surface area contributed by atoms with E-state index in [1.807, 2.05) is 4.90 Å². The summed E-state index contributed by atoms with van der Waals surface area (Å²) in [7, 11) is 3.06. The summed E-state index contributed by atoms with van der Waals surface area (Å²) >= 11 is 6.25. The lowest BCUT2D eigenvalue weighted by atomic mass is 10.1. The summed E-state index contributed by atoms with van der Waals surface area (Å²) in [5.41, 5.74) is 4.34. The van der Waals surface area contributed by atoms with E-state index < -0.39 is 0 Å². The van der Waals surface area contributed by atoms with Crippen LogP contribution in [0.15, 0.2) is 30.3 Å². The highest BCUT2D eigenvalue weighted by Crippen LogP contribution is 2.36. The molecule has 1 heterocycles. The molecule has 1 saturated heterocycles. The molecule has 0 N–H and O–H groups in total. The Labute approximate surface area is 165 Å². The van der Waals surface area contributed by atoms with Crippen molar-refractivity contribution < 1.29 is 14.3 Å². The van der Waals surface area contributed by atoms with Gasteiger partial charge in [-0.1, -0.05) is 23.7 Å². The van der Waals surface area contributed by atoms with Gasteiger partial charge in [0.1, 0.15) is 0 Å². The number of anilines is 1. The lowest BCUT2D eigenvalue weighted by molar-refractivity contribution is 0.0746. The van der Waals surface area contributed by atoms with E-state index in [1.54, 1.807) is 12.1 Å². The Hall–Kier alpha value is -2.40. The number of benzene rings is 2. The summed E-state index contributed by atoms with van der Waals surface area (Å²) in [5, 5.41) is 0.370. The molecule has 2 aromatic rings. The first-order valence-corrected chi connectivity index (χ1v) is 9.36. The topological polar surface area (TPSA) is 42.0 Å². The van der Waals surface area contributed by atoms with Crippen molar-refractivity contribution in [2.45, 2.75) is 13.8 Å². The summed E-state index contributed by atoms with van der Waals surface area (Å²) in [6.07, 6.45) is 0. The summed E-state index contributed by atoms with van der Waals surface area (Å²) in [6, 6.07) is 9.68. The SMILES string of the molecule is COc1cc(C(=O)N2CCN(c3cccc(C)c3C)CC2)cc(Cl)c1OC. The Morgan fingerprint density at radius 3 is 2.37 bits per heavy atom. The zero-order valence-electron chi connectivity index (χ0n) is 16.2. The number of rotatable bonds is 4. The van der Waals surface area contributed by atoms with Gasteiger partial charge in [0.15, 0.2) is 11.5 Å². The number of hydrogen-bond acceptors (Lipinski definition) is 4. The normalized spacial score (nSPS) is 14.3. The molecule has 0 aliphatic carbocycles. The van der Waals surface area contributed by atoms with Crippen LogP contribution in [0.4, 0.5) is 5.69 Å². The molecule has 0 unspecified atom stereocenters. The molecular formula is C21H25ClN2O3. The molecule has 3 rings (SSSR count). The van der Waals surface area contributed by atoms with Crippen LogP contribution in [0.2, 0.25) is 5.02 Å². The van der Waals surface area contributed by atoms with Crippen molar-refractivity contribution in [3.05, 3.63) is 52.0 Å². The Morgan fingerprint density at radius 2 is 1.74 bits per heavy atom. The van der Waals surface area contributed by atoms with Crippen molar-refractivity contribution in [3.8, 4) is 11.5 Å². The van der Waals surface area contributed by atoms with E-state index in [2.05, 4.69) is 36.9 Å².